The molecule has 2 aromatic rings. The molecular formula is C15H20N4O. The summed E-state index contributed by atoms with van der Waals surface area (Å²) >= 11 is 0. The summed E-state index contributed by atoms with van der Waals surface area (Å²) < 4.78 is 5.80. The van der Waals surface area contributed by atoms with Crippen LogP contribution >= 0.6 is 0 Å². The molecule has 0 atom stereocenters. The lowest BCUT2D eigenvalue weighted by Crippen LogP contribution is -2.10. The fraction of sp³-hybridized carbons (Fsp3) is 0.333. The van der Waals surface area contributed by atoms with Crippen LogP contribution in [0.4, 0.5) is 5.82 Å². The molecule has 0 saturated heterocycles. The van der Waals surface area contributed by atoms with Crippen LogP contribution in [0.15, 0.2) is 24.3 Å². The zero-order valence-electron chi connectivity index (χ0n) is 12.1. The van der Waals surface area contributed by atoms with Crippen molar-refractivity contribution in [2.24, 2.45) is 5.84 Å². The highest BCUT2D eigenvalue weighted by Gasteiger charge is 2.06. The average molecular weight is 272 g/mol. The molecule has 1 heterocycles. The van der Waals surface area contributed by atoms with Gasteiger partial charge in [-0.1, -0.05) is 13.0 Å². The predicted molar refractivity (Wildman–Crippen MR) is 79.8 cm³/mol. The Bertz CT molecular complexity index is 598. The fourth-order valence-electron chi connectivity index (χ4n) is 1.83. The van der Waals surface area contributed by atoms with E-state index in [2.05, 4.69) is 36.2 Å². The topological polar surface area (TPSA) is 73.1 Å². The highest BCUT2D eigenvalue weighted by Crippen LogP contribution is 2.23. The van der Waals surface area contributed by atoms with Crippen molar-refractivity contribution in [1.82, 2.24) is 9.97 Å². The molecule has 0 unspecified atom stereocenters. The van der Waals surface area contributed by atoms with Gasteiger partial charge in [-0.3, -0.25) is 0 Å². The first kappa shape index (κ1) is 14.3. The van der Waals surface area contributed by atoms with E-state index in [0.29, 0.717) is 11.7 Å². The molecule has 1 aromatic carbocycles. The molecule has 0 amide bonds. The summed E-state index contributed by atoms with van der Waals surface area (Å²) in [6.45, 7) is 6.20. The minimum Gasteiger partial charge on any atom is -0.439 e. The van der Waals surface area contributed by atoms with E-state index in [1.54, 1.807) is 6.07 Å². The van der Waals surface area contributed by atoms with Gasteiger partial charge in [-0.15, -0.1) is 0 Å². The van der Waals surface area contributed by atoms with Gasteiger partial charge in [-0.05, 0) is 43.5 Å². The Morgan fingerprint density at radius 3 is 2.60 bits per heavy atom. The molecule has 0 aliphatic rings. The summed E-state index contributed by atoms with van der Waals surface area (Å²) in [5.41, 5.74) is 4.96. The zero-order chi connectivity index (χ0) is 14.5. The van der Waals surface area contributed by atoms with E-state index >= 15 is 0 Å². The summed E-state index contributed by atoms with van der Waals surface area (Å²) in [5.74, 6) is 7.97. The third kappa shape index (κ3) is 3.45. The molecule has 0 spiro atoms. The van der Waals surface area contributed by atoms with E-state index in [1.807, 2.05) is 18.2 Å². The number of nitrogens with two attached hydrogens (primary N) is 1. The molecule has 2 rings (SSSR count). The monoisotopic (exact) mass is 272 g/mol. The number of nitrogens with one attached hydrogen (secondary N) is 1. The quantitative estimate of drug-likeness (QED) is 0.646. The number of nitrogens with zero attached hydrogens (tertiary/aromatic N) is 2. The molecule has 0 saturated carbocycles. The van der Waals surface area contributed by atoms with Gasteiger partial charge in [0.25, 0.3) is 0 Å². The van der Waals surface area contributed by atoms with Gasteiger partial charge in [-0.2, -0.15) is 4.98 Å². The van der Waals surface area contributed by atoms with Crippen LogP contribution in [0.25, 0.3) is 0 Å². The number of nitrogen functional groups attached to an aromatic ring is 1. The number of hydrazine groups is 1. The van der Waals surface area contributed by atoms with Crippen molar-refractivity contribution in [2.75, 3.05) is 5.43 Å². The number of rotatable bonds is 5. The first-order chi connectivity index (χ1) is 9.62. The minimum absolute atomic E-state index is 0.500. The Kier molecular flexibility index (Phi) is 4.53. The van der Waals surface area contributed by atoms with Gasteiger partial charge < -0.3 is 10.2 Å². The number of hydrogen-bond donors (Lipinski definition) is 2. The number of ether oxygens (including phenoxy) is 1. The summed E-state index contributed by atoms with van der Waals surface area (Å²) in [6.07, 6.45) is 1.76. The van der Waals surface area contributed by atoms with Crippen LogP contribution < -0.4 is 16.0 Å². The number of hydrogen-bond acceptors (Lipinski definition) is 5. The van der Waals surface area contributed by atoms with Crippen molar-refractivity contribution in [3.63, 3.8) is 0 Å². The van der Waals surface area contributed by atoms with E-state index in [1.165, 1.54) is 11.1 Å². The van der Waals surface area contributed by atoms with Crippen molar-refractivity contribution >= 4 is 5.82 Å². The Hall–Kier alpha value is -2.14. The minimum atomic E-state index is 0.500. The van der Waals surface area contributed by atoms with Crippen LogP contribution in [0.5, 0.6) is 11.6 Å². The van der Waals surface area contributed by atoms with E-state index < -0.39 is 0 Å². The SMILES string of the molecule is CCCc1nc(NN)cc(Oc2ccc(C)c(C)c2)n1. The van der Waals surface area contributed by atoms with Gasteiger partial charge in [0.2, 0.25) is 5.88 Å². The molecule has 1 aromatic heterocycles. The van der Waals surface area contributed by atoms with Gasteiger partial charge in [0.15, 0.2) is 0 Å². The first-order valence-electron chi connectivity index (χ1n) is 6.72. The van der Waals surface area contributed by atoms with E-state index in [4.69, 9.17) is 10.6 Å². The van der Waals surface area contributed by atoms with Gasteiger partial charge in [-0.25, -0.2) is 10.8 Å². The Morgan fingerprint density at radius 1 is 1.15 bits per heavy atom. The molecular weight excluding hydrogens is 252 g/mol. The lowest BCUT2D eigenvalue weighted by Gasteiger charge is -2.10. The number of aryl methyl sites for hydroxylation is 3. The maximum absolute atomic E-state index is 5.80. The standard InChI is InChI=1S/C15H20N4O/c1-4-5-13-17-14(19-16)9-15(18-13)20-12-7-6-10(2)11(3)8-12/h6-9H,4-5,16H2,1-3H3,(H,17,18,19). The molecule has 106 valence electrons. The Balaban J connectivity index is 2.27. The van der Waals surface area contributed by atoms with E-state index in [-0.39, 0.29) is 0 Å². The van der Waals surface area contributed by atoms with Crippen LogP contribution in [0.2, 0.25) is 0 Å². The normalized spacial score (nSPS) is 10.4. The second-order valence-corrected chi connectivity index (χ2v) is 4.75. The second kappa shape index (κ2) is 6.34. The van der Waals surface area contributed by atoms with Crippen LogP contribution in [0.3, 0.4) is 0 Å². The largest absolute Gasteiger partial charge is 0.439 e. The van der Waals surface area contributed by atoms with Gasteiger partial charge >= 0.3 is 0 Å². The van der Waals surface area contributed by atoms with Crippen LogP contribution in [-0.4, -0.2) is 9.97 Å². The summed E-state index contributed by atoms with van der Waals surface area (Å²) in [5, 5.41) is 0. The van der Waals surface area contributed by atoms with Crippen LogP contribution in [-0.2, 0) is 6.42 Å². The van der Waals surface area contributed by atoms with E-state index in [0.717, 1.165) is 24.4 Å². The van der Waals surface area contributed by atoms with Crippen molar-refractivity contribution in [3.05, 3.63) is 41.2 Å². The molecule has 5 nitrogen and oxygen atoms in total. The molecule has 20 heavy (non-hydrogen) atoms. The van der Waals surface area contributed by atoms with Gasteiger partial charge in [0, 0.05) is 12.5 Å². The maximum Gasteiger partial charge on any atom is 0.224 e. The lowest BCUT2D eigenvalue weighted by atomic mass is 10.1. The van der Waals surface area contributed by atoms with Crippen LogP contribution in [0, 0.1) is 13.8 Å². The molecule has 0 aliphatic carbocycles. The maximum atomic E-state index is 5.80. The van der Waals surface area contributed by atoms with Crippen molar-refractivity contribution < 1.29 is 4.74 Å². The second-order valence-electron chi connectivity index (χ2n) is 4.75. The average Bonchev–Trinajstić information content (AvgIpc) is 2.43. The summed E-state index contributed by atoms with van der Waals surface area (Å²) in [7, 11) is 0. The van der Waals surface area contributed by atoms with Crippen molar-refractivity contribution in [2.45, 2.75) is 33.6 Å². The zero-order valence-corrected chi connectivity index (χ0v) is 12.1. The number of aromatic nitrogens is 2. The third-order valence-corrected chi connectivity index (χ3v) is 3.07. The third-order valence-electron chi connectivity index (χ3n) is 3.07. The number of anilines is 1. The van der Waals surface area contributed by atoms with Gasteiger partial charge in [0.05, 0.1) is 0 Å². The molecule has 0 bridgehead atoms. The highest BCUT2D eigenvalue weighted by atomic mass is 16.5. The summed E-state index contributed by atoms with van der Waals surface area (Å²) in [6, 6.07) is 7.64. The Labute approximate surface area is 119 Å². The van der Waals surface area contributed by atoms with Crippen molar-refractivity contribution in [3.8, 4) is 11.6 Å². The molecule has 0 fully saturated rings. The van der Waals surface area contributed by atoms with Crippen LogP contribution in [0.1, 0.15) is 30.3 Å². The van der Waals surface area contributed by atoms with E-state index in [9.17, 15) is 0 Å². The Morgan fingerprint density at radius 2 is 1.95 bits per heavy atom. The molecule has 0 aliphatic heterocycles. The van der Waals surface area contributed by atoms with Crippen molar-refractivity contribution in [1.29, 1.82) is 0 Å². The molecule has 3 N–H and O–H groups in total. The highest BCUT2D eigenvalue weighted by molar-refractivity contribution is 5.40. The first-order valence-corrected chi connectivity index (χ1v) is 6.72. The number of benzene rings is 1. The smallest absolute Gasteiger partial charge is 0.224 e. The summed E-state index contributed by atoms with van der Waals surface area (Å²) in [4.78, 5) is 8.68. The lowest BCUT2D eigenvalue weighted by molar-refractivity contribution is 0.458. The fourth-order valence-corrected chi connectivity index (χ4v) is 1.83. The molecule has 5 heteroatoms. The predicted octanol–water partition coefficient (Wildman–Crippen LogP) is 3.12. The van der Waals surface area contributed by atoms with Gasteiger partial charge in [0.1, 0.15) is 17.4 Å². The molecule has 0 radical (unpaired) electrons.